The molecule has 0 spiro atoms. The summed E-state index contributed by atoms with van der Waals surface area (Å²) >= 11 is 0. The number of fused-ring (bicyclic) bond motifs is 1. The average Bonchev–Trinajstić information content (AvgIpc) is 3.41. The molecule has 2 aromatic heterocycles. The molecule has 0 aliphatic rings. The molecule has 4 aromatic carbocycles. The van der Waals surface area contributed by atoms with Gasteiger partial charge in [0.2, 0.25) is 5.89 Å². The van der Waals surface area contributed by atoms with Crippen molar-refractivity contribution in [3.8, 4) is 50.7 Å². The first-order chi connectivity index (χ1) is 19.4. The third-order valence-electron chi connectivity index (χ3n) is 7.32. The topological polar surface area (TPSA) is 59.2 Å². The van der Waals surface area contributed by atoms with Crippen molar-refractivity contribution in [2.75, 3.05) is 0 Å². The van der Waals surface area contributed by atoms with Crippen molar-refractivity contribution in [3.63, 3.8) is 0 Å². The van der Waals surface area contributed by atoms with Crippen LogP contribution in [0.15, 0.2) is 102 Å². The van der Waals surface area contributed by atoms with Crippen LogP contribution in [-0.2, 0) is 21.1 Å². The van der Waals surface area contributed by atoms with Crippen LogP contribution < -0.4 is 0 Å². The Kier molecular flexibility index (Phi) is 8.24. The molecule has 5 heteroatoms. The number of aromatic hydroxyl groups is 1. The van der Waals surface area contributed by atoms with Crippen LogP contribution in [0.25, 0.3) is 56.1 Å². The van der Waals surface area contributed by atoms with Crippen molar-refractivity contribution in [3.05, 3.63) is 114 Å². The van der Waals surface area contributed by atoms with Gasteiger partial charge in [-0.25, -0.2) is 4.98 Å². The van der Waals surface area contributed by atoms with Crippen molar-refractivity contribution >= 4 is 11.1 Å². The van der Waals surface area contributed by atoms with E-state index in [1.165, 1.54) is 16.7 Å². The zero-order chi connectivity index (χ0) is 27.8. The van der Waals surface area contributed by atoms with E-state index in [4.69, 9.17) is 14.4 Å². The first-order valence-electron chi connectivity index (χ1n) is 13.7. The molecule has 208 valence electrons. The fraction of sp³-hybridized carbons (Fsp3) is 0.167. The van der Waals surface area contributed by atoms with Gasteiger partial charge in [0.05, 0.1) is 11.1 Å². The van der Waals surface area contributed by atoms with Crippen LogP contribution in [0.4, 0.5) is 0 Å². The van der Waals surface area contributed by atoms with Crippen molar-refractivity contribution in [2.45, 2.75) is 39.5 Å². The zero-order valence-corrected chi connectivity index (χ0v) is 25.7. The molecule has 6 aromatic rings. The molecule has 41 heavy (non-hydrogen) atoms. The maximum absolute atomic E-state index is 10.3. The van der Waals surface area contributed by atoms with Gasteiger partial charge in [-0.2, -0.15) is 0 Å². The molecule has 0 fully saturated rings. The molecule has 0 unspecified atom stereocenters. The largest absolute Gasteiger partial charge is 0.507 e. The quantitative estimate of drug-likeness (QED) is 0.174. The Bertz CT molecular complexity index is 1810. The van der Waals surface area contributed by atoms with Crippen molar-refractivity contribution < 1.29 is 30.6 Å². The van der Waals surface area contributed by atoms with E-state index in [-0.39, 0.29) is 26.8 Å². The summed E-state index contributed by atoms with van der Waals surface area (Å²) in [5, 5.41) is 10.3. The second kappa shape index (κ2) is 11.8. The molecule has 0 bridgehead atoms. The summed E-state index contributed by atoms with van der Waals surface area (Å²) in [6.07, 6.45) is 1.87. The van der Waals surface area contributed by atoms with E-state index in [9.17, 15) is 5.11 Å². The summed E-state index contributed by atoms with van der Waals surface area (Å²) in [4.78, 5) is 9.47. The van der Waals surface area contributed by atoms with Crippen LogP contribution in [0, 0.1) is 6.07 Å². The average molecular weight is 719 g/mol. The Balaban J connectivity index is 0.00000337. The summed E-state index contributed by atoms with van der Waals surface area (Å²) in [5.41, 5.74) is 10.6. The summed E-state index contributed by atoms with van der Waals surface area (Å²) in [6, 6.07) is 33.7. The number of pyridine rings is 1. The van der Waals surface area contributed by atoms with Crippen molar-refractivity contribution in [1.29, 1.82) is 0 Å². The SMILES string of the molecule is CC(C)c1cc(-c2ccnc(-c3[c-]c(-c4cccc5oc(-c6ccccc6O)nc45)ccc3)c2)cc(C(C)C)c1.[Pt]. The molecule has 6 rings (SSSR count). The molecule has 2 heterocycles. The third kappa shape index (κ3) is 5.76. The Hall–Kier alpha value is -4.01. The monoisotopic (exact) mass is 718 g/mol. The minimum absolute atomic E-state index is 0. The van der Waals surface area contributed by atoms with Crippen LogP contribution >= 0.6 is 0 Å². The molecule has 0 saturated heterocycles. The van der Waals surface area contributed by atoms with E-state index < -0.39 is 0 Å². The smallest absolute Gasteiger partial charge is 0.230 e. The minimum Gasteiger partial charge on any atom is -0.507 e. The van der Waals surface area contributed by atoms with Gasteiger partial charge in [0.25, 0.3) is 0 Å². The van der Waals surface area contributed by atoms with Gasteiger partial charge in [-0.1, -0.05) is 87.4 Å². The number of phenolic OH excluding ortho intramolecular Hbond substituents is 1. The van der Waals surface area contributed by atoms with E-state index in [2.05, 4.69) is 64.1 Å². The van der Waals surface area contributed by atoms with Crippen LogP contribution in [0.3, 0.4) is 0 Å². The second-order valence-electron chi connectivity index (χ2n) is 10.8. The molecule has 1 N–H and O–H groups in total. The molecule has 0 aliphatic carbocycles. The maximum atomic E-state index is 10.3. The van der Waals surface area contributed by atoms with E-state index in [1.807, 2.05) is 48.7 Å². The van der Waals surface area contributed by atoms with E-state index in [0.717, 1.165) is 33.5 Å². The Labute approximate surface area is 255 Å². The van der Waals surface area contributed by atoms with E-state index >= 15 is 0 Å². The maximum Gasteiger partial charge on any atom is 0.230 e. The van der Waals surface area contributed by atoms with Crippen molar-refractivity contribution in [1.82, 2.24) is 9.97 Å². The number of benzene rings is 4. The standard InChI is InChI=1S/C36H31N2O2.Pt/c1-22(2)27-18-28(23(3)4)20-29(19-27)24-15-16-37-32(21-24)26-10-7-9-25(17-26)30-12-8-14-34-35(30)38-36(40-34)31-11-5-6-13-33(31)39;/h5-16,18-23,39H,1-4H3;/q-1;. The number of para-hydroxylation sites is 2. The zero-order valence-electron chi connectivity index (χ0n) is 23.5. The van der Waals surface area contributed by atoms with Gasteiger partial charge in [-0.05, 0) is 58.4 Å². The molecule has 0 amide bonds. The summed E-state index contributed by atoms with van der Waals surface area (Å²) < 4.78 is 6.03. The predicted octanol–water partition coefficient (Wildman–Crippen LogP) is 9.64. The van der Waals surface area contributed by atoms with Crippen LogP contribution in [-0.4, -0.2) is 15.1 Å². The number of hydrogen-bond acceptors (Lipinski definition) is 4. The summed E-state index contributed by atoms with van der Waals surface area (Å²) in [7, 11) is 0. The Morgan fingerprint density at radius 2 is 1.39 bits per heavy atom. The van der Waals surface area contributed by atoms with Crippen LogP contribution in [0.1, 0.15) is 50.7 Å². The summed E-state index contributed by atoms with van der Waals surface area (Å²) in [6.45, 7) is 8.95. The Morgan fingerprint density at radius 3 is 2.12 bits per heavy atom. The molecular weight excluding hydrogens is 687 g/mol. The van der Waals surface area contributed by atoms with Gasteiger partial charge in [0.15, 0.2) is 0 Å². The minimum atomic E-state index is 0. The molecule has 0 aliphatic heterocycles. The molecule has 4 nitrogen and oxygen atoms in total. The first-order valence-corrected chi connectivity index (χ1v) is 13.7. The number of hydrogen-bond donors (Lipinski definition) is 1. The molecular formula is C36H31N2O2Pt-. The van der Waals surface area contributed by atoms with Crippen LogP contribution in [0.2, 0.25) is 0 Å². The number of aromatic nitrogens is 2. The molecule has 0 atom stereocenters. The fourth-order valence-electron chi connectivity index (χ4n) is 4.98. The number of rotatable bonds is 6. The Morgan fingerprint density at radius 1 is 0.707 bits per heavy atom. The van der Waals surface area contributed by atoms with E-state index in [1.54, 1.807) is 18.2 Å². The van der Waals surface area contributed by atoms with Gasteiger partial charge in [0, 0.05) is 33.0 Å². The van der Waals surface area contributed by atoms with E-state index in [0.29, 0.717) is 28.9 Å². The first kappa shape index (κ1) is 28.5. The molecule has 0 saturated carbocycles. The third-order valence-corrected chi connectivity index (χ3v) is 7.32. The fourth-order valence-corrected chi connectivity index (χ4v) is 4.98. The molecule has 0 radical (unpaired) electrons. The second-order valence-corrected chi connectivity index (χ2v) is 10.8. The van der Waals surface area contributed by atoms with Gasteiger partial charge in [-0.15, -0.1) is 29.8 Å². The normalized spacial score (nSPS) is 11.3. The van der Waals surface area contributed by atoms with Gasteiger partial charge in [0.1, 0.15) is 11.3 Å². The van der Waals surface area contributed by atoms with Gasteiger partial charge < -0.3 is 9.52 Å². The van der Waals surface area contributed by atoms with Crippen molar-refractivity contribution in [2.24, 2.45) is 0 Å². The van der Waals surface area contributed by atoms with Crippen LogP contribution in [0.5, 0.6) is 5.75 Å². The summed E-state index contributed by atoms with van der Waals surface area (Å²) in [5.74, 6) is 1.42. The number of oxazole rings is 1. The van der Waals surface area contributed by atoms with Gasteiger partial charge >= 0.3 is 0 Å². The number of nitrogens with zero attached hydrogens (tertiary/aromatic N) is 2. The predicted molar refractivity (Wildman–Crippen MR) is 162 cm³/mol. The van der Waals surface area contributed by atoms with Gasteiger partial charge in [-0.3, -0.25) is 4.98 Å². The number of phenols is 1.